The highest BCUT2D eigenvalue weighted by Crippen LogP contribution is 2.21. The minimum atomic E-state index is -0.331. The summed E-state index contributed by atoms with van der Waals surface area (Å²) in [4.78, 5) is 15.0. The Bertz CT molecular complexity index is 537. The highest BCUT2D eigenvalue weighted by atomic mass is 19.1. The predicted octanol–water partition coefficient (Wildman–Crippen LogP) is 3.02. The summed E-state index contributed by atoms with van der Waals surface area (Å²) in [6.07, 6.45) is 3.59. The molecule has 3 heteroatoms. The van der Waals surface area contributed by atoms with Crippen LogP contribution in [0.5, 0.6) is 0 Å². The van der Waals surface area contributed by atoms with Gasteiger partial charge in [0.15, 0.2) is 0 Å². The molecular weight excluding hydrogens is 217 g/mol. The van der Waals surface area contributed by atoms with Crippen LogP contribution in [-0.4, -0.2) is 10.8 Å². The molecule has 1 heterocycles. The number of halogens is 1. The Morgan fingerprint density at radius 1 is 1.29 bits per heavy atom. The molecule has 0 radical (unpaired) electrons. The molecule has 0 unspecified atom stereocenters. The fraction of sp³-hybridized carbons (Fsp3) is 0.143. The number of pyridine rings is 1. The molecule has 0 aliphatic rings. The summed E-state index contributed by atoms with van der Waals surface area (Å²) in [5, 5.41) is 0. The van der Waals surface area contributed by atoms with E-state index in [1.807, 2.05) is 12.1 Å². The van der Waals surface area contributed by atoms with Crippen LogP contribution in [0.2, 0.25) is 0 Å². The van der Waals surface area contributed by atoms with Gasteiger partial charge in [-0.25, -0.2) is 4.39 Å². The maximum atomic E-state index is 13.4. The van der Waals surface area contributed by atoms with Gasteiger partial charge in [-0.1, -0.05) is 12.1 Å². The van der Waals surface area contributed by atoms with Gasteiger partial charge in [-0.2, -0.15) is 0 Å². The van der Waals surface area contributed by atoms with Crippen LogP contribution in [0, 0.1) is 5.82 Å². The summed E-state index contributed by atoms with van der Waals surface area (Å²) in [5.74, 6) is -0.310. The van der Waals surface area contributed by atoms with Crippen molar-refractivity contribution in [2.24, 2.45) is 0 Å². The average molecular weight is 229 g/mol. The Kier molecular flexibility index (Phi) is 3.28. The van der Waals surface area contributed by atoms with E-state index in [0.29, 0.717) is 5.56 Å². The molecule has 86 valence electrons. The lowest BCUT2D eigenvalue weighted by Gasteiger charge is -2.05. The van der Waals surface area contributed by atoms with E-state index < -0.39 is 0 Å². The van der Waals surface area contributed by atoms with Crippen molar-refractivity contribution in [3.8, 4) is 11.1 Å². The summed E-state index contributed by atoms with van der Waals surface area (Å²) in [7, 11) is 0. The normalized spacial score (nSPS) is 10.2. The van der Waals surface area contributed by atoms with E-state index in [4.69, 9.17) is 0 Å². The maximum Gasteiger partial charge on any atom is 0.134 e. The van der Waals surface area contributed by atoms with Crippen LogP contribution < -0.4 is 0 Å². The van der Waals surface area contributed by atoms with Crippen molar-refractivity contribution in [2.75, 3.05) is 0 Å². The Balaban J connectivity index is 2.42. The van der Waals surface area contributed by atoms with E-state index >= 15 is 0 Å². The largest absolute Gasteiger partial charge is 0.300 e. The lowest BCUT2D eigenvalue weighted by molar-refractivity contribution is -0.116. The molecule has 17 heavy (non-hydrogen) atoms. The maximum absolute atomic E-state index is 13.4. The third-order valence-electron chi connectivity index (χ3n) is 2.41. The number of Topliss-reactive ketones (excluding diaryl/α,β-unsaturated/α-hetero) is 1. The molecule has 2 aromatic rings. The molecule has 0 atom stereocenters. The van der Waals surface area contributed by atoms with Gasteiger partial charge in [-0.3, -0.25) is 9.78 Å². The number of benzene rings is 1. The summed E-state index contributed by atoms with van der Waals surface area (Å²) >= 11 is 0. The first-order valence-corrected chi connectivity index (χ1v) is 5.34. The second-order valence-electron chi connectivity index (χ2n) is 3.97. The molecule has 2 nitrogen and oxygen atoms in total. The van der Waals surface area contributed by atoms with Gasteiger partial charge in [0.05, 0.1) is 0 Å². The van der Waals surface area contributed by atoms with E-state index in [2.05, 4.69) is 4.98 Å². The van der Waals surface area contributed by atoms with Gasteiger partial charge in [0.1, 0.15) is 11.6 Å². The predicted molar refractivity (Wildman–Crippen MR) is 64.0 cm³/mol. The number of rotatable bonds is 3. The number of ketones is 1. The Labute approximate surface area is 99.1 Å². The second kappa shape index (κ2) is 4.87. The van der Waals surface area contributed by atoms with E-state index in [9.17, 15) is 9.18 Å². The fourth-order valence-corrected chi connectivity index (χ4v) is 1.74. The van der Waals surface area contributed by atoms with E-state index in [0.717, 1.165) is 11.1 Å². The Morgan fingerprint density at radius 2 is 2.12 bits per heavy atom. The smallest absolute Gasteiger partial charge is 0.134 e. The summed E-state index contributed by atoms with van der Waals surface area (Å²) in [6.45, 7) is 1.49. The van der Waals surface area contributed by atoms with Crippen LogP contribution in [0.1, 0.15) is 12.5 Å². The van der Waals surface area contributed by atoms with Gasteiger partial charge in [-0.05, 0) is 36.2 Å². The molecular formula is C14H12FNO. The number of carbonyl (C=O) groups is 1. The fourth-order valence-electron chi connectivity index (χ4n) is 1.74. The summed E-state index contributed by atoms with van der Waals surface area (Å²) in [6, 6.07) is 8.31. The summed E-state index contributed by atoms with van der Waals surface area (Å²) < 4.78 is 13.4. The van der Waals surface area contributed by atoms with Crippen LogP contribution in [0.25, 0.3) is 11.1 Å². The Hall–Kier alpha value is -2.03. The quantitative estimate of drug-likeness (QED) is 0.809. The van der Waals surface area contributed by atoms with E-state index in [1.54, 1.807) is 18.5 Å². The first kappa shape index (κ1) is 11.5. The van der Waals surface area contributed by atoms with Gasteiger partial charge >= 0.3 is 0 Å². The van der Waals surface area contributed by atoms with Crippen molar-refractivity contribution < 1.29 is 9.18 Å². The molecule has 0 aliphatic carbocycles. The number of nitrogens with zero attached hydrogens (tertiary/aromatic N) is 1. The van der Waals surface area contributed by atoms with Crippen molar-refractivity contribution in [2.45, 2.75) is 13.3 Å². The average Bonchev–Trinajstić information content (AvgIpc) is 2.28. The monoisotopic (exact) mass is 229 g/mol. The SMILES string of the molecule is CC(=O)Cc1cc(F)cc(-c2cccnc2)c1. The zero-order valence-corrected chi connectivity index (χ0v) is 9.48. The molecule has 0 fully saturated rings. The zero-order chi connectivity index (χ0) is 12.3. The standard InChI is InChI=1S/C14H12FNO/c1-10(17)5-11-6-13(8-14(15)7-11)12-3-2-4-16-9-12/h2-4,6-9H,5H2,1H3. The first-order valence-electron chi connectivity index (χ1n) is 5.34. The van der Waals surface area contributed by atoms with Gasteiger partial charge in [0.25, 0.3) is 0 Å². The van der Waals surface area contributed by atoms with E-state index in [-0.39, 0.29) is 18.0 Å². The van der Waals surface area contributed by atoms with Gasteiger partial charge < -0.3 is 0 Å². The summed E-state index contributed by atoms with van der Waals surface area (Å²) in [5.41, 5.74) is 2.28. The minimum absolute atomic E-state index is 0.0211. The molecule has 0 N–H and O–H groups in total. The highest BCUT2D eigenvalue weighted by molar-refractivity contribution is 5.78. The van der Waals surface area contributed by atoms with Crippen LogP contribution in [0.4, 0.5) is 4.39 Å². The van der Waals surface area contributed by atoms with Crippen molar-refractivity contribution in [3.05, 3.63) is 54.1 Å². The molecule has 0 saturated carbocycles. The van der Waals surface area contributed by atoms with Crippen molar-refractivity contribution in [1.29, 1.82) is 0 Å². The molecule has 2 rings (SSSR count). The second-order valence-corrected chi connectivity index (χ2v) is 3.97. The number of carbonyl (C=O) groups excluding carboxylic acids is 1. The van der Waals surface area contributed by atoms with Crippen LogP contribution in [-0.2, 0) is 11.2 Å². The molecule has 0 spiro atoms. The van der Waals surface area contributed by atoms with Crippen molar-refractivity contribution >= 4 is 5.78 Å². The van der Waals surface area contributed by atoms with Crippen LogP contribution in [0.15, 0.2) is 42.7 Å². The number of hydrogen-bond acceptors (Lipinski definition) is 2. The molecule has 1 aromatic carbocycles. The van der Waals surface area contributed by atoms with Gasteiger partial charge in [0, 0.05) is 24.4 Å². The van der Waals surface area contributed by atoms with Gasteiger partial charge in [0.2, 0.25) is 0 Å². The number of hydrogen-bond donors (Lipinski definition) is 0. The molecule has 0 bridgehead atoms. The molecule has 0 aliphatic heterocycles. The zero-order valence-electron chi connectivity index (χ0n) is 9.48. The van der Waals surface area contributed by atoms with Gasteiger partial charge in [-0.15, -0.1) is 0 Å². The lowest BCUT2D eigenvalue weighted by atomic mass is 10.0. The molecule has 0 saturated heterocycles. The minimum Gasteiger partial charge on any atom is -0.300 e. The highest BCUT2D eigenvalue weighted by Gasteiger charge is 2.05. The van der Waals surface area contributed by atoms with Crippen molar-refractivity contribution in [1.82, 2.24) is 4.98 Å². The lowest BCUT2D eigenvalue weighted by Crippen LogP contribution is -1.97. The van der Waals surface area contributed by atoms with Crippen LogP contribution in [0.3, 0.4) is 0 Å². The molecule has 1 aromatic heterocycles. The van der Waals surface area contributed by atoms with E-state index in [1.165, 1.54) is 19.1 Å². The number of aromatic nitrogens is 1. The Morgan fingerprint density at radius 3 is 2.76 bits per heavy atom. The third kappa shape index (κ3) is 2.97. The molecule has 0 amide bonds. The van der Waals surface area contributed by atoms with Crippen LogP contribution >= 0.6 is 0 Å². The first-order chi connectivity index (χ1) is 8.15. The topological polar surface area (TPSA) is 30.0 Å². The van der Waals surface area contributed by atoms with Crippen molar-refractivity contribution in [3.63, 3.8) is 0 Å². The third-order valence-corrected chi connectivity index (χ3v) is 2.41.